The van der Waals surface area contributed by atoms with Crippen molar-refractivity contribution in [1.82, 2.24) is 18.8 Å². The van der Waals surface area contributed by atoms with Crippen molar-refractivity contribution in [3.8, 4) is 0 Å². The molecule has 0 radical (unpaired) electrons. The van der Waals surface area contributed by atoms with Crippen LogP contribution in [0.2, 0.25) is 0 Å². The van der Waals surface area contributed by atoms with Gasteiger partial charge < -0.3 is 4.90 Å². The van der Waals surface area contributed by atoms with Crippen LogP contribution in [-0.4, -0.2) is 59.3 Å². The summed E-state index contributed by atoms with van der Waals surface area (Å²) < 4.78 is 30.0. The molecule has 1 amide bonds. The Morgan fingerprint density at radius 1 is 1.03 bits per heavy atom. The van der Waals surface area contributed by atoms with Gasteiger partial charge in [-0.2, -0.15) is 9.40 Å². The Hall–Kier alpha value is -2.71. The van der Waals surface area contributed by atoms with Crippen LogP contribution in [0, 0.1) is 0 Å². The summed E-state index contributed by atoms with van der Waals surface area (Å²) in [7, 11) is -3.50. The average molecular weight is 481 g/mol. The summed E-state index contributed by atoms with van der Waals surface area (Å²) in [6.07, 6.45) is 9.09. The maximum atomic E-state index is 13.3. The van der Waals surface area contributed by atoms with E-state index in [1.165, 1.54) is 6.42 Å². The molecule has 0 unspecified atom stereocenters. The fraction of sp³-hybridized carbons (Fsp3) is 0.462. The summed E-state index contributed by atoms with van der Waals surface area (Å²) in [6, 6.07) is 11.4. The minimum Gasteiger partial charge on any atom is -0.339 e. The standard InChI is InChI=1S/C26H32N4O3S/c1-2-20-8-4-5-9-25(20)34(32,33)29-15-10-21(11-16-29)22-12-17-30-24(18-22)23(19-27-30)26(31)28-13-6-3-7-14-28/h4-5,8-9,12,17-19,21H,2-3,6-7,10-11,13-16H2,1H3. The zero-order chi connectivity index (χ0) is 23.7. The van der Waals surface area contributed by atoms with E-state index in [0.717, 1.165) is 55.4 Å². The second kappa shape index (κ2) is 9.50. The van der Waals surface area contributed by atoms with Gasteiger partial charge in [-0.25, -0.2) is 12.9 Å². The summed E-state index contributed by atoms with van der Waals surface area (Å²) in [6.45, 7) is 4.59. The van der Waals surface area contributed by atoms with E-state index in [2.05, 4.69) is 17.2 Å². The first-order valence-corrected chi connectivity index (χ1v) is 13.8. The number of fused-ring (bicyclic) bond motifs is 1. The molecule has 5 rings (SSSR count). The second-order valence-corrected chi connectivity index (χ2v) is 11.2. The number of likely N-dealkylation sites (tertiary alicyclic amines) is 1. The van der Waals surface area contributed by atoms with Crippen molar-refractivity contribution in [2.45, 2.75) is 56.3 Å². The molecule has 0 spiro atoms. The number of hydrogen-bond donors (Lipinski definition) is 0. The fourth-order valence-electron chi connectivity index (χ4n) is 5.30. The number of sulfonamides is 1. The van der Waals surface area contributed by atoms with Gasteiger partial charge in [-0.05, 0) is 73.8 Å². The van der Waals surface area contributed by atoms with E-state index in [1.54, 1.807) is 27.2 Å². The molecule has 7 nitrogen and oxygen atoms in total. The monoisotopic (exact) mass is 480 g/mol. The first-order chi connectivity index (χ1) is 16.5. The van der Waals surface area contributed by atoms with Gasteiger partial charge in [0.15, 0.2) is 0 Å². The minimum atomic E-state index is -3.50. The number of amides is 1. The van der Waals surface area contributed by atoms with Crippen LogP contribution in [0.3, 0.4) is 0 Å². The number of rotatable bonds is 5. The van der Waals surface area contributed by atoms with Crippen LogP contribution in [0.5, 0.6) is 0 Å². The Labute approximate surface area is 201 Å². The van der Waals surface area contributed by atoms with Gasteiger partial charge >= 0.3 is 0 Å². The van der Waals surface area contributed by atoms with Gasteiger partial charge in [-0.3, -0.25) is 4.79 Å². The van der Waals surface area contributed by atoms with Crippen LogP contribution in [0.25, 0.3) is 5.52 Å². The summed E-state index contributed by atoms with van der Waals surface area (Å²) in [5.74, 6) is 0.313. The molecular weight excluding hydrogens is 448 g/mol. The molecule has 2 aliphatic heterocycles. The second-order valence-electron chi connectivity index (χ2n) is 9.34. The van der Waals surface area contributed by atoms with Crippen molar-refractivity contribution in [2.75, 3.05) is 26.2 Å². The SMILES string of the molecule is CCc1ccccc1S(=O)(=O)N1CCC(c2ccn3ncc(C(=O)N4CCCCC4)c3c2)CC1. The largest absolute Gasteiger partial charge is 0.339 e. The van der Waals surface area contributed by atoms with Crippen LogP contribution in [-0.2, 0) is 16.4 Å². The van der Waals surface area contributed by atoms with Gasteiger partial charge in [-0.1, -0.05) is 25.1 Å². The molecule has 0 saturated carbocycles. The maximum absolute atomic E-state index is 13.3. The highest BCUT2D eigenvalue weighted by molar-refractivity contribution is 7.89. The smallest absolute Gasteiger partial charge is 0.257 e. The third-order valence-corrected chi connectivity index (χ3v) is 9.31. The van der Waals surface area contributed by atoms with Crippen molar-refractivity contribution >= 4 is 21.4 Å². The van der Waals surface area contributed by atoms with Crippen LogP contribution in [0.15, 0.2) is 53.7 Å². The molecule has 1 aromatic carbocycles. The zero-order valence-electron chi connectivity index (χ0n) is 19.7. The molecule has 2 saturated heterocycles. The van der Waals surface area contributed by atoms with E-state index < -0.39 is 10.0 Å². The lowest BCUT2D eigenvalue weighted by molar-refractivity contribution is 0.0726. The third-order valence-electron chi connectivity index (χ3n) is 7.32. The van der Waals surface area contributed by atoms with Crippen molar-refractivity contribution in [2.24, 2.45) is 0 Å². The Morgan fingerprint density at radius 3 is 2.50 bits per heavy atom. The number of aryl methyl sites for hydroxylation is 1. The molecule has 0 N–H and O–H groups in total. The normalized spacial score (nSPS) is 18.4. The number of pyridine rings is 1. The lowest BCUT2D eigenvalue weighted by atomic mass is 9.90. The van der Waals surface area contributed by atoms with Crippen LogP contribution >= 0.6 is 0 Å². The molecule has 0 atom stereocenters. The number of piperidine rings is 2. The summed E-state index contributed by atoms with van der Waals surface area (Å²) >= 11 is 0. The van der Waals surface area contributed by atoms with Gasteiger partial charge in [0.25, 0.3) is 5.91 Å². The van der Waals surface area contributed by atoms with Gasteiger partial charge in [0, 0.05) is 32.4 Å². The number of aromatic nitrogens is 2. The van der Waals surface area contributed by atoms with Crippen LogP contribution in [0.1, 0.15) is 66.4 Å². The average Bonchev–Trinajstić information content (AvgIpc) is 3.32. The quantitative estimate of drug-likeness (QED) is 0.551. The van der Waals surface area contributed by atoms with Crippen molar-refractivity contribution in [3.05, 3.63) is 65.5 Å². The van der Waals surface area contributed by atoms with Gasteiger partial charge in [-0.15, -0.1) is 0 Å². The van der Waals surface area contributed by atoms with E-state index in [-0.39, 0.29) is 11.8 Å². The number of carbonyl (C=O) groups excluding carboxylic acids is 1. The van der Waals surface area contributed by atoms with Gasteiger partial charge in [0.05, 0.1) is 22.2 Å². The predicted molar refractivity (Wildman–Crippen MR) is 132 cm³/mol. The predicted octanol–water partition coefficient (Wildman–Crippen LogP) is 4.09. The van der Waals surface area contributed by atoms with E-state index >= 15 is 0 Å². The summed E-state index contributed by atoms with van der Waals surface area (Å²) in [5, 5.41) is 4.40. The number of benzene rings is 1. The Bertz CT molecular complexity index is 1290. The number of nitrogens with zero attached hydrogens (tertiary/aromatic N) is 4. The van der Waals surface area contributed by atoms with E-state index in [4.69, 9.17) is 0 Å². The highest BCUT2D eigenvalue weighted by atomic mass is 32.2. The molecule has 4 heterocycles. The summed E-state index contributed by atoms with van der Waals surface area (Å²) in [4.78, 5) is 15.5. The molecule has 2 aromatic heterocycles. The van der Waals surface area contributed by atoms with E-state index in [0.29, 0.717) is 30.0 Å². The molecule has 34 heavy (non-hydrogen) atoms. The molecule has 0 bridgehead atoms. The Balaban J connectivity index is 1.33. The zero-order valence-corrected chi connectivity index (χ0v) is 20.5. The van der Waals surface area contributed by atoms with Crippen LogP contribution in [0.4, 0.5) is 0 Å². The van der Waals surface area contributed by atoms with E-state index in [9.17, 15) is 13.2 Å². The van der Waals surface area contributed by atoms with Crippen molar-refractivity contribution in [3.63, 3.8) is 0 Å². The molecule has 3 aromatic rings. The maximum Gasteiger partial charge on any atom is 0.257 e. The lowest BCUT2D eigenvalue weighted by Crippen LogP contribution is -2.38. The fourth-order valence-corrected chi connectivity index (χ4v) is 7.06. The molecule has 2 aliphatic rings. The van der Waals surface area contributed by atoms with E-state index in [1.807, 2.05) is 30.2 Å². The van der Waals surface area contributed by atoms with Crippen molar-refractivity contribution in [1.29, 1.82) is 0 Å². The van der Waals surface area contributed by atoms with Gasteiger partial charge in [0.1, 0.15) is 0 Å². The van der Waals surface area contributed by atoms with Gasteiger partial charge in [0.2, 0.25) is 10.0 Å². The van der Waals surface area contributed by atoms with Crippen LogP contribution < -0.4 is 0 Å². The molecule has 0 aliphatic carbocycles. The molecular formula is C26H32N4O3S. The minimum absolute atomic E-state index is 0.0577. The molecule has 180 valence electrons. The molecule has 2 fully saturated rings. The number of carbonyl (C=O) groups is 1. The highest BCUT2D eigenvalue weighted by Crippen LogP contribution is 2.32. The van der Waals surface area contributed by atoms with Crippen molar-refractivity contribution < 1.29 is 13.2 Å². The lowest BCUT2D eigenvalue weighted by Gasteiger charge is -2.32. The Morgan fingerprint density at radius 2 is 1.76 bits per heavy atom. The first-order valence-electron chi connectivity index (χ1n) is 12.3. The number of hydrogen-bond acceptors (Lipinski definition) is 4. The first kappa shape index (κ1) is 23.1. The highest BCUT2D eigenvalue weighted by Gasteiger charge is 2.31. The third kappa shape index (κ3) is 4.25. The molecule has 8 heteroatoms. The topological polar surface area (TPSA) is 75.0 Å². The summed E-state index contributed by atoms with van der Waals surface area (Å²) in [5.41, 5.74) is 3.49. The Kier molecular flexibility index (Phi) is 6.44.